The molecule has 2 aromatic heterocycles. The lowest BCUT2D eigenvalue weighted by Gasteiger charge is -2.26. The Morgan fingerprint density at radius 3 is 1.19 bits per heavy atom. The first-order valence-corrected chi connectivity index (χ1v) is 26.4. The molecule has 0 atom stereocenters. The smallest absolute Gasteiger partial charge is 0.346 e. The molecule has 0 bridgehead atoms. The first-order chi connectivity index (χ1) is 38.0. The average molecular weight is 1050 g/mol. The molecular weight excluding hydrogens is 999 g/mol. The van der Waals surface area contributed by atoms with Crippen LogP contribution in [0.15, 0.2) is 211 Å². The summed E-state index contributed by atoms with van der Waals surface area (Å²) in [6.07, 6.45) is 21.6. The second-order valence-electron chi connectivity index (χ2n) is 18.0. The molecule has 0 saturated carbocycles. The SMILES string of the molecule is [C-]#[N+]C(=Cc1ccc(C=Cc2ccc(C=Cc3ccc(N(c4ccc(C=Cc5ccc(C=Cc6ccc(C=C(C#N)C(=O)O)cc6)s5)cc4)c4ccc(C=C(c5ccccc5)c5ccc(C)cc5)cc4)cc3)s2)cc1)C(=O)O. The minimum Gasteiger partial charge on any atom is -0.486 e. The summed E-state index contributed by atoms with van der Waals surface area (Å²) in [6, 6.07) is 69.9. The number of nitriles is 1. The number of rotatable bonds is 18. The number of hydrogen-bond donors (Lipinski definition) is 2. The Morgan fingerprint density at radius 1 is 0.449 bits per heavy atom. The lowest BCUT2D eigenvalue weighted by atomic mass is 9.95. The van der Waals surface area contributed by atoms with E-state index < -0.39 is 11.9 Å². The van der Waals surface area contributed by atoms with Crippen molar-refractivity contribution in [1.82, 2.24) is 0 Å². The van der Waals surface area contributed by atoms with E-state index in [9.17, 15) is 14.7 Å². The van der Waals surface area contributed by atoms with Gasteiger partial charge in [0.2, 0.25) is 0 Å². The number of aryl methyl sites for hydroxylation is 1. The molecule has 7 aromatic carbocycles. The summed E-state index contributed by atoms with van der Waals surface area (Å²) in [5, 5.41) is 27.4. The fourth-order valence-corrected chi connectivity index (χ4v) is 9.94. The van der Waals surface area contributed by atoms with Gasteiger partial charge in [0, 0.05) is 36.6 Å². The van der Waals surface area contributed by atoms with Crippen LogP contribution in [0.3, 0.4) is 0 Å². The fourth-order valence-electron chi connectivity index (χ4n) is 8.31. The maximum absolute atomic E-state index is 11.2. The van der Waals surface area contributed by atoms with E-state index in [0.29, 0.717) is 11.1 Å². The highest BCUT2D eigenvalue weighted by Crippen LogP contribution is 2.37. The van der Waals surface area contributed by atoms with E-state index in [1.54, 1.807) is 53.0 Å². The second-order valence-corrected chi connectivity index (χ2v) is 20.3. The van der Waals surface area contributed by atoms with E-state index in [4.69, 9.17) is 16.9 Å². The average Bonchev–Trinajstić information content (AvgIpc) is 4.20. The molecule has 7 nitrogen and oxygen atoms in total. The maximum Gasteiger partial charge on any atom is 0.346 e. The van der Waals surface area contributed by atoms with Gasteiger partial charge in [0.1, 0.15) is 11.6 Å². The molecule has 0 aliphatic rings. The van der Waals surface area contributed by atoms with E-state index >= 15 is 0 Å². The van der Waals surface area contributed by atoms with E-state index in [1.165, 1.54) is 17.7 Å². The van der Waals surface area contributed by atoms with Crippen LogP contribution in [0.25, 0.3) is 77.3 Å². The van der Waals surface area contributed by atoms with Crippen LogP contribution in [0.5, 0.6) is 0 Å². The Labute approximate surface area is 462 Å². The van der Waals surface area contributed by atoms with Gasteiger partial charge in [0.25, 0.3) is 5.70 Å². The molecule has 0 spiro atoms. The molecule has 0 saturated heterocycles. The van der Waals surface area contributed by atoms with Crippen molar-refractivity contribution in [3.8, 4) is 6.07 Å². The largest absolute Gasteiger partial charge is 0.486 e. The molecule has 78 heavy (non-hydrogen) atoms. The summed E-state index contributed by atoms with van der Waals surface area (Å²) in [4.78, 5) is 32.2. The maximum atomic E-state index is 11.2. The quantitative estimate of drug-likeness (QED) is 0.0384. The zero-order chi connectivity index (χ0) is 54.2. The third-order valence-electron chi connectivity index (χ3n) is 12.4. The van der Waals surface area contributed by atoms with Gasteiger partial charge in [0.15, 0.2) is 0 Å². The molecule has 9 rings (SSSR count). The standard InChI is InChI=1S/C69H49N3O4S2/c1-48-8-28-57(29-9-48)66(56-6-4-3-5-7-56)45-54-22-34-61(35-23-54)72(59-30-18-51(19-31-59)26-38-64-42-40-62(77-64)36-24-49-10-14-53(15-11-49)44-58(47-70)68(73)74)60-32-20-52(21-33-60)27-39-65-43-41-63(78-65)37-25-50-12-16-55(17-13-50)46-67(71-2)69(75)76/h3-46H,1H3,(H,73,74)(H,75,76). The molecule has 0 aliphatic carbocycles. The number of aliphatic carboxylic acids is 2. The Morgan fingerprint density at radius 2 is 0.808 bits per heavy atom. The van der Waals surface area contributed by atoms with E-state index in [0.717, 1.165) is 81.1 Å². The number of carboxylic acids is 2. The highest BCUT2D eigenvalue weighted by atomic mass is 32.1. The van der Waals surface area contributed by atoms with Crippen molar-refractivity contribution < 1.29 is 19.8 Å². The topological polar surface area (TPSA) is 106 Å². The van der Waals surface area contributed by atoms with Crippen molar-refractivity contribution in [2.75, 3.05) is 4.90 Å². The van der Waals surface area contributed by atoms with Crippen LogP contribution in [0.2, 0.25) is 0 Å². The van der Waals surface area contributed by atoms with Crippen molar-refractivity contribution in [1.29, 1.82) is 5.26 Å². The van der Waals surface area contributed by atoms with Crippen LogP contribution in [0.4, 0.5) is 17.1 Å². The predicted molar refractivity (Wildman–Crippen MR) is 326 cm³/mol. The lowest BCUT2D eigenvalue weighted by Crippen LogP contribution is -2.09. The van der Waals surface area contributed by atoms with Crippen molar-refractivity contribution in [3.05, 3.63) is 298 Å². The normalized spacial score (nSPS) is 12.1. The van der Waals surface area contributed by atoms with Gasteiger partial charge in [-0.05, 0) is 166 Å². The number of nitrogens with zero attached hydrogens (tertiary/aromatic N) is 3. The number of anilines is 3. The molecular formula is C69H49N3O4S2. The molecule has 0 amide bonds. The summed E-state index contributed by atoms with van der Waals surface area (Å²) < 4.78 is 0. The van der Waals surface area contributed by atoms with E-state index in [2.05, 4.69) is 205 Å². The number of carbonyl (C=O) groups is 2. The number of hydrogen-bond acceptors (Lipinski definition) is 6. The third-order valence-corrected chi connectivity index (χ3v) is 14.5. The van der Waals surface area contributed by atoms with Gasteiger partial charge in [-0.2, -0.15) is 5.26 Å². The van der Waals surface area contributed by atoms with Gasteiger partial charge in [-0.3, -0.25) is 4.79 Å². The van der Waals surface area contributed by atoms with E-state index in [1.807, 2.05) is 42.5 Å². The minimum absolute atomic E-state index is 0.307. The summed E-state index contributed by atoms with van der Waals surface area (Å²) >= 11 is 3.36. The van der Waals surface area contributed by atoms with Crippen molar-refractivity contribution in [2.45, 2.75) is 6.92 Å². The van der Waals surface area contributed by atoms with Gasteiger partial charge in [-0.25, -0.2) is 9.64 Å². The zero-order valence-electron chi connectivity index (χ0n) is 42.3. The predicted octanol–water partition coefficient (Wildman–Crippen LogP) is 18.2. The molecule has 0 fully saturated rings. The number of thiophene rings is 2. The van der Waals surface area contributed by atoms with Gasteiger partial charge >= 0.3 is 11.9 Å². The monoisotopic (exact) mass is 1050 g/mol. The van der Waals surface area contributed by atoms with Crippen LogP contribution in [0.1, 0.15) is 75.1 Å². The molecule has 9 heteroatoms. The first kappa shape index (κ1) is 52.7. The van der Waals surface area contributed by atoms with Crippen LogP contribution >= 0.6 is 22.7 Å². The first-order valence-electron chi connectivity index (χ1n) is 24.8. The Bertz CT molecular complexity index is 3690. The van der Waals surface area contributed by atoms with Crippen molar-refractivity contribution >= 4 is 124 Å². The van der Waals surface area contributed by atoms with Crippen LogP contribution < -0.4 is 4.90 Å². The molecule has 0 radical (unpaired) electrons. The molecule has 9 aromatic rings. The highest BCUT2D eigenvalue weighted by Gasteiger charge is 2.14. The van der Waals surface area contributed by atoms with Crippen molar-refractivity contribution in [2.24, 2.45) is 0 Å². The molecule has 376 valence electrons. The second kappa shape index (κ2) is 25.4. The zero-order valence-corrected chi connectivity index (χ0v) is 43.9. The van der Waals surface area contributed by atoms with Crippen LogP contribution in [-0.4, -0.2) is 22.2 Å². The summed E-state index contributed by atoms with van der Waals surface area (Å²) in [6.45, 7) is 9.19. The molecule has 2 heterocycles. The number of benzene rings is 7. The van der Waals surface area contributed by atoms with Crippen LogP contribution in [-0.2, 0) is 9.59 Å². The fraction of sp³-hybridized carbons (Fsp3) is 0.0145. The van der Waals surface area contributed by atoms with Gasteiger partial charge in [-0.15, -0.1) is 22.7 Å². The Kier molecular flexibility index (Phi) is 17.1. The Hall–Kier alpha value is -10.2. The Balaban J connectivity index is 0.926. The van der Waals surface area contributed by atoms with Gasteiger partial charge in [-0.1, -0.05) is 169 Å². The van der Waals surface area contributed by atoms with Gasteiger partial charge < -0.3 is 15.1 Å². The highest BCUT2D eigenvalue weighted by molar-refractivity contribution is 7.14. The van der Waals surface area contributed by atoms with E-state index in [-0.39, 0.29) is 11.3 Å². The van der Waals surface area contributed by atoms with Crippen molar-refractivity contribution in [3.63, 3.8) is 0 Å². The lowest BCUT2D eigenvalue weighted by molar-refractivity contribution is -0.133. The minimum atomic E-state index is -1.25. The molecule has 0 aliphatic heterocycles. The van der Waals surface area contributed by atoms with Crippen LogP contribution in [0, 0.1) is 24.8 Å². The molecule has 2 N–H and O–H groups in total. The summed E-state index contributed by atoms with van der Waals surface area (Å²) in [5.74, 6) is -2.49. The third kappa shape index (κ3) is 14.2. The summed E-state index contributed by atoms with van der Waals surface area (Å²) in [5.41, 5.74) is 13.6. The number of carboxylic acid groups (broad SMARTS) is 2. The molecule has 0 unspecified atom stereocenters. The summed E-state index contributed by atoms with van der Waals surface area (Å²) in [7, 11) is 0. The van der Waals surface area contributed by atoms with Gasteiger partial charge in [0.05, 0.1) is 6.57 Å².